The average molecular weight is 246 g/mol. The Morgan fingerprint density at radius 1 is 1.22 bits per heavy atom. The fraction of sp³-hybridized carbons (Fsp3) is 0.385. The van der Waals surface area contributed by atoms with E-state index in [1.165, 1.54) is 0 Å². The number of phenolic OH excluding ortho intramolecular Hbond substituents is 1. The standard InChI is InChI=1S/C13H18N4O/c1-13(2,3)11-12(14)15-16-17(11)8-9-4-6-10(18)7-5-9/h4-7,18H,8,14H2,1-3H3. The Morgan fingerprint density at radius 3 is 2.39 bits per heavy atom. The monoisotopic (exact) mass is 246 g/mol. The fourth-order valence-electron chi connectivity index (χ4n) is 1.98. The molecule has 18 heavy (non-hydrogen) atoms. The molecule has 0 unspecified atom stereocenters. The van der Waals surface area contributed by atoms with E-state index in [-0.39, 0.29) is 11.2 Å². The van der Waals surface area contributed by atoms with Gasteiger partial charge in [0.25, 0.3) is 0 Å². The molecule has 0 aliphatic carbocycles. The summed E-state index contributed by atoms with van der Waals surface area (Å²) < 4.78 is 1.81. The molecule has 2 aromatic rings. The van der Waals surface area contributed by atoms with Gasteiger partial charge in [-0.25, -0.2) is 4.68 Å². The number of benzene rings is 1. The minimum absolute atomic E-state index is 0.107. The zero-order valence-corrected chi connectivity index (χ0v) is 10.9. The molecule has 2 rings (SSSR count). The maximum atomic E-state index is 9.26. The maximum Gasteiger partial charge on any atom is 0.169 e. The van der Waals surface area contributed by atoms with Gasteiger partial charge >= 0.3 is 0 Å². The van der Waals surface area contributed by atoms with Crippen LogP contribution in [0.5, 0.6) is 5.75 Å². The molecule has 0 saturated heterocycles. The number of hydrogen-bond acceptors (Lipinski definition) is 4. The summed E-state index contributed by atoms with van der Waals surface area (Å²) in [5, 5.41) is 17.3. The van der Waals surface area contributed by atoms with Gasteiger partial charge in [-0.1, -0.05) is 38.1 Å². The molecule has 0 radical (unpaired) electrons. The lowest BCUT2D eigenvalue weighted by molar-refractivity contribution is 0.474. The molecule has 0 fully saturated rings. The van der Waals surface area contributed by atoms with Crippen molar-refractivity contribution in [1.82, 2.24) is 15.0 Å². The summed E-state index contributed by atoms with van der Waals surface area (Å²) in [6.07, 6.45) is 0. The number of aromatic hydroxyl groups is 1. The van der Waals surface area contributed by atoms with Crippen LogP contribution in [0.25, 0.3) is 0 Å². The predicted molar refractivity (Wildman–Crippen MR) is 70.3 cm³/mol. The summed E-state index contributed by atoms with van der Waals surface area (Å²) in [5.41, 5.74) is 7.74. The van der Waals surface area contributed by atoms with Crippen LogP contribution >= 0.6 is 0 Å². The number of anilines is 1. The second-order valence-electron chi connectivity index (χ2n) is 5.40. The quantitative estimate of drug-likeness (QED) is 0.848. The first-order valence-corrected chi connectivity index (χ1v) is 5.85. The molecule has 0 amide bonds. The molecule has 1 heterocycles. The van der Waals surface area contributed by atoms with Gasteiger partial charge in [-0.05, 0) is 17.7 Å². The zero-order chi connectivity index (χ0) is 13.3. The van der Waals surface area contributed by atoms with Crippen molar-refractivity contribution in [3.05, 3.63) is 35.5 Å². The van der Waals surface area contributed by atoms with Crippen molar-refractivity contribution in [1.29, 1.82) is 0 Å². The minimum atomic E-state index is -0.107. The van der Waals surface area contributed by atoms with Gasteiger partial charge in [-0.3, -0.25) is 0 Å². The van der Waals surface area contributed by atoms with Crippen molar-refractivity contribution >= 4 is 5.82 Å². The lowest BCUT2D eigenvalue weighted by atomic mass is 9.92. The van der Waals surface area contributed by atoms with Crippen molar-refractivity contribution in [3.8, 4) is 5.75 Å². The normalized spacial score (nSPS) is 11.7. The van der Waals surface area contributed by atoms with Crippen molar-refractivity contribution in [2.75, 3.05) is 5.73 Å². The Kier molecular flexibility index (Phi) is 2.98. The smallest absolute Gasteiger partial charge is 0.169 e. The van der Waals surface area contributed by atoms with E-state index < -0.39 is 0 Å². The summed E-state index contributed by atoms with van der Waals surface area (Å²) in [7, 11) is 0. The lowest BCUT2D eigenvalue weighted by Crippen LogP contribution is -2.20. The highest BCUT2D eigenvalue weighted by Gasteiger charge is 2.23. The van der Waals surface area contributed by atoms with Crippen LogP contribution in [0.2, 0.25) is 0 Å². The third kappa shape index (κ3) is 2.45. The third-order valence-electron chi connectivity index (χ3n) is 2.74. The molecule has 1 aromatic carbocycles. The number of rotatable bonds is 2. The first kappa shape index (κ1) is 12.4. The van der Waals surface area contributed by atoms with E-state index >= 15 is 0 Å². The summed E-state index contributed by atoms with van der Waals surface area (Å²) in [5.74, 6) is 0.731. The molecule has 0 bridgehead atoms. The molecule has 0 spiro atoms. The highest BCUT2D eigenvalue weighted by Crippen LogP contribution is 2.26. The van der Waals surface area contributed by atoms with Gasteiger partial charge in [-0.2, -0.15) is 0 Å². The molecule has 1 aromatic heterocycles. The van der Waals surface area contributed by atoms with Gasteiger partial charge in [-0.15, -0.1) is 5.10 Å². The molecule has 5 heteroatoms. The van der Waals surface area contributed by atoms with Gasteiger partial charge in [0.05, 0.1) is 12.2 Å². The Bertz CT molecular complexity index is 537. The van der Waals surface area contributed by atoms with E-state index in [0.717, 1.165) is 11.3 Å². The number of aromatic nitrogens is 3. The van der Waals surface area contributed by atoms with E-state index in [9.17, 15) is 5.11 Å². The predicted octanol–water partition coefficient (Wildman–Crippen LogP) is 1.91. The number of nitrogens with zero attached hydrogens (tertiary/aromatic N) is 3. The van der Waals surface area contributed by atoms with E-state index in [4.69, 9.17) is 5.73 Å². The van der Waals surface area contributed by atoms with Crippen molar-refractivity contribution in [2.45, 2.75) is 32.7 Å². The molecule has 96 valence electrons. The van der Waals surface area contributed by atoms with Crippen LogP contribution < -0.4 is 5.73 Å². The fourth-order valence-corrected chi connectivity index (χ4v) is 1.98. The van der Waals surface area contributed by atoms with Crippen LogP contribution in [0, 0.1) is 0 Å². The molecule has 0 saturated carbocycles. The zero-order valence-electron chi connectivity index (χ0n) is 10.9. The second kappa shape index (κ2) is 4.33. The van der Waals surface area contributed by atoms with Crippen LogP contribution in [0.1, 0.15) is 32.0 Å². The van der Waals surface area contributed by atoms with Gasteiger partial charge < -0.3 is 10.8 Å². The molecule has 0 aliphatic heterocycles. The SMILES string of the molecule is CC(C)(C)c1c(N)nnn1Cc1ccc(O)cc1. The lowest BCUT2D eigenvalue weighted by Gasteiger charge is -2.20. The Balaban J connectivity index is 2.33. The molecular formula is C13H18N4O. The van der Waals surface area contributed by atoms with Gasteiger partial charge in [0.1, 0.15) is 5.75 Å². The molecule has 3 N–H and O–H groups in total. The van der Waals surface area contributed by atoms with Crippen molar-refractivity contribution < 1.29 is 5.11 Å². The van der Waals surface area contributed by atoms with Crippen molar-refractivity contribution in [3.63, 3.8) is 0 Å². The topological polar surface area (TPSA) is 77.0 Å². The van der Waals surface area contributed by atoms with Crippen LogP contribution in [-0.4, -0.2) is 20.1 Å². The number of nitrogen functional groups attached to an aromatic ring is 1. The van der Waals surface area contributed by atoms with E-state index in [0.29, 0.717) is 12.4 Å². The Morgan fingerprint density at radius 2 is 1.83 bits per heavy atom. The molecule has 0 atom stereocenters. The molecular weight excluding hydrogens is 228 g/mol. The highest BCUT2D eigenvalue weighted by atomic mass is 16.3. The highest BCUT2D eigenvalue weighted by molar-refractivity contribution is 5.38. The Labute approximate surface area is 106 Å². The van der Waals surface area contributed by atoms with Gasteiger partial charge in [0.2, 0.25) is 0 Å². The van der Waals surface area contributed by atoms with Crippen LogP contribution in [0.3, 0.4) is 0 Å². The number of phenols is 1. The minimum Gasteiger partial charge on any atom is -0.508 e. The summed E-state index contributed by atoms with van der Waals surface area (Å²) in [6.45, 7) is 6.83. The Hall–Kier alpha value is -2.04. The maximum absolute atomic E-state index is 9.26. The second-order valence-corrected chi connectivity index (χ2v) is 5.40. The van der Waals surface area contributed by atoms with Crippen LogP contribution in [0.4, 0.5) is 5.82 Å². The van der Waals surface area contributed by atoms with Crippen molar-refractivity contribution in [2.24, 2.45) is 0 Å². The summed E-state index contributed by atoms with van der Waals surface area (Å²) in [4.78, 5) is 0. The number of hydrogen-bond donors (Lipinski definition) is 2. The van der Waals surface area contributed by atoms with Crippen LogP contribution in [0.15, 0.2) is 24.3 Å². The van der Waals surface area contributed by atoms with E-state index in [2.05, 4.69) is 31.1 Å². The molecule has 0 aliphatic rings. The third-order valence-corrected chi connectivity index (χ3v) is 2.74. The van der Waals surface area contributed by atoms with Crippen LogP contribution in [-0.2, 0) is 12.0 Å². The largest absolute Gasteiger partial charge is 0.508 e. The first-order chi connectivity index (χ1) is 8.38. The van der Waals surface area contributed by atoms with Gasteiger partial charge in [0, 0.05) is 5.41 Å². The first-order valence-electron chi connectivity index (χ1n) is 5.85. The number of nitrogens with two attached hydrogens (primary N) is 1. The molecule has 5 nitrogen and oxygen atoms in total. The summed E-state index contributed by atoms with van der Waals surface area (Å²) in [6, 6.07) is 7.04. The van der Waals surface area contributed by atoms with E-state index in [1.54, 1.807) is 12.1 Å². The van der Waals surface area contributed by atoms with Gasteiger partial charge in [0.15, 0.2) is 5.82 Å². The average Bonchev–Trinajstić information content (AvgIpc) is 2.63. The summed E-state index contributed by atoms with van der Waals surface area (Å²) >= 11 is 0. The van der Waals surface area contributed by atoms with E-state index in [1.807, 2.05) is 16.8 Å².